The van der Waals surface area contributed by atoms with Crippen LogP contribution in [-0.2, 0) is 9.53 Å². The van der Waals surface area contributed by atoms with Gasteiger partial charge in [-0.2, -0.15) is 0 Å². The van der Waals surface area contributed by atoms with Gasteiger partial charge in [-0.15, -0.1) is 0 Å². The van der Waals surface area contributed by atoms with Gasteiger partial charge in [-0.05, 0) is 75.4 Å². The monoisotopic (exact) mass is 455 g/mol. The maximum Gasteiger partial charge on any atom is 0.248 e. The van der Waals surface area contributed by atoms with E-state index in [4.69, 9.17) is 16.3 Å². The van der Waals surface area contributed by atoms with Gasteiger partial charge in [0.1, 0.15) is 6.61 Å². The van der Waals surface area contributed by atoms with Crippen LogP contribution in [0, 0.1) is 13.8 Å². The molecule has 1 amide bonds. The molecule has 1 aliphatic heterocycles. The number of carbonyl (C=O) groups is 1. The van der Waals surface area contributed by atoms with E-state index >= 15 is 0 Å². The molecule has 6 heteroatoms. The highest BCUT2D eigenvalue weighted by atomic mass is 35.5. The van der Waals surface area contributed by atoms with Gasteiger partial charge in [0.25, 0.3) is 0 Å². The molecule has 1 saturated carbocycles. The fourth-order valence-electron chi connectivity index (χ4n) is 4.72. The highest BCUT2D eigenvalue weighted by molar-refractivity contribution is 6.30. The normalized spacial score (nSPS) is 21.5. The van der Waals surface area contributed by atoms with Crippen LogP contribution in [0.4, 0.5) is 11.4 Å². The number of nitrogens with one attached hydrogen (secondary N) is 1. The predicted octanol–water partition coefficient (Wildman–Crippen LogP) is 5.05. The Bertz CT molecular complexity index is 902. The predicted molar refractivity (Wildman–Crippen MR) is 132 cm³/mol. The molecule has 0 atom stereocenters. The van der Waals surface area contributed by atoms with Crippen molar-refractivity contribution < 1.29 is 9.53 Å². The molecule has 0 bridgehead atoms. The lowest BCUT2D eigenvalue weighted by Crippen LogP contribution is -2.50. The summed E-state index contributed by atoms with van der Waals surface area (Å²) in [5.41, 5.74) is 4.98. The molecular formula is C26H34ClN3O2. The van der Waals surface area contributed by atoms with Crippen LogP contribution >= 0.6 is 11.6 Å². The maximum atomic E-state index is 12.7. The molecule has 2 fully saturated rings. The summed E-state index contributed by atoms with van der Waals surface area (Å²) in [5.74, 6) is 0.108. The number of rotatable bonds is 6. The zero-order chi connectivity index (χ0) is 22.5. The third kappa shape index (κ3) is 5.96. The van der Waals surface area contributed by atoms with E-state index in [1.807, 2.05) is 29.2 Å². The van der Waals surface area contributed by atoms with Gasteiger partial charge >= 0.3 is 0 Å². The van der Waals surface area contributed by atoms with E-state index < -0.39 is 0 Å². The van der Waals surface area contributed by atoms with Crippen molar-refractivity contribution in [2.75, 3.05) is 43.0 Å². The zero-order valence-electron chi connectivity index (χ0n) is 19.1. The van der Waals surface area contributed by atoms with Gasteiger partial charge in [-0.1, -0.05) is 29.3 Å². The third-order valence-corrected chi connectivity index (χ3v) is 6.93. The number of piperazine rings is 1. The molecule has 0 spiro atoms. The lowest BCUT2D eigenvalue weighted by molar-refractivity contribution is -0.139. The van der Waals surface area contributed by atoms with E-state index in [0.717, 1.165) is 62.6 Å². The number of carbonyl (C=O) groups excluding carboxylic acids is 1. The molecule has 0 aromatic heterocycles. The summed E-state index contributed by atoms with van der Waals surface area (Å²) in [6.07, 6.45) is 4.34. The summed E-state index contributed by atoms with van der Waals surface area (Å²) >= 11 is 5.98. The SMILES string of the molecule is Cc1ccc(NC2CCC(OCC(=O)N3CCN(c4ccc(Cl)cc4)CC3)CC2)c(C)c1. The van der Waals surface area contributed by atoms with Crippen LogP contribution in [0.3, 0.4) is 0 Å². The molecule has 1 N–H and O–H groups in total. The van der Waals surface area contributed by atoms with Gasteiger partial charge in [0.2, 0.25) is 5.91 Å². The molecule has 0 radical (unpaired) electrons. The molecule has 0 unspecified atom stereocenters. The zero-order valence-corrected chi connectivity index (χ0v) is 19.9. The van der Waals surface area contributed by atoms with Gasteiger partial charge in [-0.3, -0.25) is 4.79 Å². The minimum atomic E-state index is 0.108. The van der Waals surface area contributed by atoms with E-state index in [1.54, 1.807) is 0 Å². The van der Waals surface area contributed by atoms with Crippen LogP contribution in [0.1, 0.15) is 36.8 Å². The Morgan fingerprint density at radius 2 is 1.69 bits per heavy atom. The third-order valence-electron chi connectivity index (χ3n) is 6.68. The van der Waals surface area contributed by atoms with Gasteiger partial charge in [0.15, 0.2) is 0 Å². The number of amides is 1. The Morgan fingerprint density at radius 1 is 1.00 bits per heavy atom. The number of nitrogens with zero attached hydrogens (tertiary/aromatic N) is 2. The van der Waals surface area contributed by atoms with Crippen LogP contribution in [0.15, 0.2) is 42.5 Å². The standard InChI is InChI=1S/C26H34ClN3O2/c1-19-3-12-25(20(2)17-19)28-22-6-10-24(11-7-22)32-18-26(31)30-15-13-29(14-16-30)23-8-4-21(27)5-9-23/h3-5,8-9,12,17,22,24,28H,6-7,10-11,13-16,18H2,1-2H3. The van der Waals surface area contributed by atoms with Crippen LogP contribution < -0.4 is 10.2 Å². The summed E-state index contributed by atoms with van der Waals surface area (Å²) < 4.78 is 6.01. The Balaban J connectivity index is 1.16. The lowest BCUT2D eigenvalue weighted by Gasteiger charge is -2.36. The van der Waals surface area contributed by atoms with Gasteiger partial charge in [0, 0.05) is 48.6 Å². The number of hydrogen-bond acceptors (Lipinski definition) is 4. The molecule has 32 heavy (non-hydrogen) atoms. The van der Waals surface area contributed by atoms with E-state index in [1.165, 1.54) is 16.8 Å². The molecule has 1 saturated heterocycles. The maximum absolute atomic E-state index is 12.7. The second kappa shape index (κ2) is 10.6. The van der Waals surface area contributed by atoms with Crippen molar-refractivity contribution in [1.29, 1.82) is 0 Å². The highest BCUT2D eigenvalue weighted by Crippen LogP contribution is 2.26. The second-order valence-electron chi connectivity index (χ2n) is 9.09. The van der Waals surface area contributed by atoms with E-state index in [2.05, 4.69) is 42.3 Å². The molecule has 1 heterocycles. The van der Waals surface area contributed by atoms with E-state index in [0.29, 0.717) is 6.04 Å². The minimum Gasteiger partial charge on any atom is -0.382 e. The molecular weight excluding hydrogens is 422 g/mol. The Morgan fingerprint density at radius 3 is 2.34 bits per heavy atom. The Kier molecular flexibility index (Phi) is 7.59. The topological polar surface area (TPSA) is 44.8 Å². The van der Waals surface area contributed by atoms with E-state index in [-0.39, 0.29) is 18.6 Å². The van der Waals surface area contributed by atoms with Crippen molar-refractivity contribution in [3.8, 4) is 0 Å². The number of ether oxygens (including phenoxy) is 1. The van der Waals surface area contributed by atoms with Gasteiger partial charge < -0.3 is 19.9 Å². The summed E-state index contributed by atoms with van der Waals surface area (Å²) in [6.45, 7) is 7.62. The van der Waals surface area contributed by atoms with Crippen LogP contribution in [0.25, 0.3) is 0 Å². The molecule has 172 valence electrons. The van der Waals surface area contributed by atoms with Gasteiger partial charge in [-0.25, -0.2) is 0 Å². The summed E-state index contributed by atoms with van der Waals surface area (Å²) in [5, 5.41) is 4.44. The van der Waals surface area contributed by atoms with E-state index in [9.17, 15) is 4.79 Å². The first-order chi connectivity index (χ1) is 15.5. The van der Waals surface area contributed by atoms with Crippen molar-refractivity contribution in [2.45, 2.75) is 51.7 Å². The smallest absolute Gasteiger partial charge is 0.248 e. The van der Waals surface area contributed by atoms with Crippen molar-refractivity contribution in [2.24, 2.45) is 0 Å². The number of anilines is 2. The van der Waals surface area contributed by atoms with Crippen molar-refractivity contribution in [1.82, 2.24) is 4.90 Å². The van der Waals surface area contributed by atoms with Crippen LogP contribution in [0.5, 0.6) is 0 Å². The highest BCUT2D eigenvalue weighted by Gasteiger charge is 2.25. The summed E-state index contributed by atoms with van der Waals surface area (Å²) in [6, 6.07) is 14.9. The average molecular weight is 456 g/mol. The lowest BCUT2D eigenvalue weighted by atomic mass is 9.92. The fraction of sp³-hybridized carbons (Fsp3) is 0.500. The quantitative estimate of drug-likeness (QED) is 0.662. The van der Waals surface area contributed by atoms with Crippen LogP contribution in [0.2, 0.25) is 5.02 Å². The first kappa shape index (κ1) is 22.9. The van der Waals surface area contributed by atoms with Crippen LogP contribution in [-0.4, -0.2) is 55.7 Å². The molecule has 4 rings (SSSR count). The van der Waals surface area contributed by atoms with Crippen molar-refractivity contribution >= 4 is 28.9 Å². The molecule has 5 nitrogen and oxygen atoms in total. The minimum absolute atomic E-state index is 0.108. The first-order valence-corrected chi connectivity index (χ1v) is 12.1. The first-order valence-electron chi connectivity index (χ1n) is 11.7. The summed E-state index contributed by atoms with van der Waals surface area (Å²) in [4.78, 5) is 16.9. The molecule has 2 aliphatic rings. The Hall–Kier alpha value is -2.24. The molecule has 2 aromatic carbocycles. The van der Waals surface area contributed by atoms with Crippen molar-refractivity contribution in [3.05, 3.63) is 58.6 Å². The fourth-order valence-corrected chi connectivity index (χ4v) is 4.84. The average Bonchev–Trinajstić information content (AvgIpc) is 2.81. The van der Waals surface area contributed by atoms with Crippen molar-refractivity contribution in [3.63, 3.8) is 0 Å². The number of aryl methyl sites for hydroxylation is 2. The summed E-state index contributed by atoms with van der Waals surface area (Å²) in [7, 11) is 0. The number of halogens is 1. The number of benzene rings is 2. The van der Waals surface area contributed by atoms with Gasteiger partial charge in [0.05, 0.1) is 6.10 Å². The molecule has 1 aliphatic carbocycles. The Labute approximate surface area is 196 Å². The number of hydrogen-bond donors (Lipinski definition) is 1. The molecule has 2 aromatic rings. The largest absolute Gasteiger partial charge is 0.382 e. The second-order valence-corrected chi connectivity index (χ2v) is 9.53.